The summed E-state index contributed by atoms with van der Waals surface area (Å²) in [5.74, 6) is 5.13. The number of phenolic OH excluding ortho intramolecular Hbond substituents is 1. The molecule has 0 aliphatic heterocycles. The van der Waals surface area contributed by atoms with Gasteiger partial charge in [0.2, 0.25) is 0 Å². The largest absolute Gasteiger partial charge is 0.504 e. The molecule has 1 aromatic carbocycles. The Morgan fingerprint density at radius 3 is 3.00 bits per heavy atom. The van der Waals surface area contributed by atoms with Crippen LogP contribution >= 0.6 is 0 Å². The highest BCUT2D eigenvalue weighted by Crippen LogP contribution is 2.26. The SMILES string of the molecule is NNc1nc2cccc(O)c2o1. The van der Waals surface area contributed by atoms with Crippen LogP contribution in [0, 0.1) is 0 Å². The number of hydrogen-bond acceptors (Lipinski definition) is 5. The molecule has 2 aromatic rings. The first kappa shape index (κ1) is 6.93. The van der Waals surface area contributed by atoms with Gasteiger partial charge < -0.3 is 9.52 Å². The van der Waals surface area contributed by atoms with Crippen molar-refractivity contribution in [2.45, 2.75) is 0 Å². The zero-order valence-corrected chi connectivity index (χ0v) is 6.11. The van der Waals surface area contributed by atoms with Crippen LogP contribution in [0.3, 0.4) is 0 Å². The number of aromatic hydroxyl groups is 1. The standard InChI is InChI=1S/C7H7N3O2/c8-10-7-9-4-2-1-3-5(11)6(4)12-7/h1-3,11H,8H2,(H,9,10). The highest BCUT2D eigenvalue weighted by molar-refractivity contribution is 5.80. The number of para-hydroxylation sites is 1. The predicted molar refractivity (Wildman–Crippen MR) is 43.5 cm³/mol. The second kappa shape index (κ2) is 2.38. The molecule has 0 atom stereocenters. The van der Waals surface area contributed by atoms with Crippen molar-refractivity contribution < 1.29 is 9.52 Å². The van der Waals surface area contributed by atoms with Gasteiger partial charge in [0.25, 0.3) is 0 Å². The number of aromatic nitrogens is 1. The van der Waals surface area contributed by atoms with Gasteiger partial charge in [-0.05, 0) is 12.1 Å². The van der Waals surface area contributed by atoms with E-state index in [1.165, 1.54) is 6.07 Å². The Bertz CT molecular complexity index is 410. The van der Waals surface area contributed by atoms with Crippen LogP contribution in [-0.4, -0.2) is 10.1 Å². The smallest absolute Gasteiger partial charge is 0.310 e. The van der Waals surface area contributed by atoms with Crippen molar-refractivity contribution >= 4 is 17.1 Å². The minimum Gasteiger partial charge on any atom is -0.504 e. The van der Waals surface area contributed by atoms with E-state index in [1.54, 1.807) is 12.1 Å². The molecular weight excluding hydrogens is 158 g/mol. The molecule has 0 fully saturated rings. The van der Waals surface area contributed by atoms with Crippen LogP contribution < -0.4 is 11.3 Å². The first-order valence-corrected chi connectivity index (χ1v) is 3.36. The third-order valence-corrected chi connectivity index (χ3v) is 1.52. The Hall–Kier alpha value is -1.75. The number of nitrogens with two attached hydrogens (primary N) is 1. The second-order valence-electron chi connectivity index (χ2n) is 2.29. The van der Waals surface area contributed by atoms with Crippen LogP contribution in [0.4, 0.5) is 6.01 Å². The minimum atomic E-state index is 0.0569. The van der Waals surface area contributed by atoms with E-state index in [1.807, 2.05) is 0 Å². The van der Waals surface area contributed by atoms with Gasteiger partial charge in [0.05, 0.1) is 0 Å². The maximum absolute atomic E-state index is 9.28. The van der Waals surface area contributed by atoms with Crippen LogP contribution in [-0.2, 0) is 0 Å². The molecule has 0 amide bonds. The highest BCUT2D eigenvalue weighted by Gasteiger charge is 2.06. The van der Waals surface area contributed by atoms with Gasteiger partial charge in [0.1, 0.15) is 5.52 Å². The molecule has 0 unspecified atom stereocenters. The Labute approximate surface area is 67.8 Å². The Kier molecular flexibility index (Phi) is 1.38. The van der Waals surface area contributed by atoms with Crippen molar-refractivity contribution in [3.63, 3.8) is 0 Å². The van der Waals surface area contributed by atoms with Gasteiger partial charge in [-0.2, -0.15) is 4.98 Å². The summed E-state index contributed by atoms with van der Waals surface area (Å²) in [7, 11) is 0. The van der Waals surface area contributed by atoms with Crippen molar-refractivity contribution in [2.75, 3.05) is 5.43 Å². The average Bonchev–Trinajstić information content (AvgIpc) is 2.49. The lowest BCUT2D eigenvalue weighted by molar-refractivity contribution is 0.466. The molecule has 62 valence electrons. The Balaban J connectivity index is 2.74. The Morgan fingerprint density at radius 1 is 1.50 bits per heavy atom. The fourth-order valence-electron chi connectivity index (χ4n) is 0.996. The summed E-state index contributed by atoms with van der Waals surface area (Å²) in [6.07, 6.45) is 0. The van der Waals surface area contributed by atoms with E-state index in [4.69, 9.17) is 10.3 Å². The summed E-state index contributed by atoms with van der Waals surface area (Å²) >= 11 is 0. The van der Waals surface area contributed by atoms with Crippen molar-refractivity contribution in [3.8, 4) is 5.75 Å². The lowest BCUT2D eigenvalue weighted by Crippen LogP contribution is -2.06. The molecule has 0 saturated carbocycles. The molecule has 0 radical (unpaired) electrons. The third-order valence-electron chi connectivity index (χ3n) is 1.52. The van der Waals surface area contributed by atoms with Gasteiger partial charge >= 0.3 is 6.01 Å². The van der Waals surface area contributed by atoms with E-state index in [0.29, 0.717) is 11.1 Å². The normalized spacial score (nSPS) is 10.4. The maximum Gasteiger partial charge on any atom is 0.310 e. The quantitative estimate of drug-likeness (QED) is 0.430. The summed E-state index contributed by atoms with van der Waals surface area (Å²) in [4.78, 5) is 3.93. The summed E-state index contributed by atoms with van der Waals surface area (Å²) in [6, 6.07) is 5.11. The molecule has 12 heavy (non-hydrogen) atoms. The molecule has 0 saturated heterocycles. The number of rotatable bonds is 1. The van der Waals surface area contributed by atoms with Crippen molar-refractivity contribution in [1.82, 2.24) is 4.98 Å². The minimum absolute atomic E-state index is 0.0569. The van der Waals surface area contributed by atoms with Gasteiger partial charge in [0, 0.05) is 0 Å². The first-order valence-electron chi connectivity index (χ1n) is 3.36. The third kappa shape index (κ3) is 0.876. The number of fused-ring (bicyclic) bond motifs is 1. The van der Waals surface area contributed by atoms with Crippen LogP contribution in [0.5, 0.6) is 5.75 Å². The summed E-state index contributed by atoms with van der Waals surface area (Å²) in [5, 5.41) is 9.28. The fraction of sp³-hybridized carbons (Fsp3) is 0. The first-order chi connectivity index (χ1) is 5.81. The molecule has 4 N–H and O–H groups in total. The van der Waals surface area contributed by atoms with E-state index in [-0.39, 0.29) is 11.8 Å². The average molecular weight is 165 g/mol. The van der Waals surface area contributed by atoms with Gasteiger partial charge in [-0.15, -0.1) is 0 Å². The van der Waals surface area contributed by atoms with Crippen molar-refractivity contribution in [3.05, 3.63) is 18.2 Å². The molecule has 1 heterocycles. The number of oxazole rings is 1. The summed E-state index contributed by atoms with van der Waals surface area (Å²) < 4.78 is 5.05. The number of anilines is 1. The van der Waals surface area contributed by atoms with Crippen LogP contribution in [0.15, 0.2) is 22.6 Å². The molecule has 1 aromatic heterocycles. The molecule has 5 nitrogen and oxygen atoms in total. The lowest BCUT2D eigenvalue weighted by atomic mass is 10.3. The van der Waals surface area contributed by atoms with Crippen LogP contribution in [0.2, 0.25) is 0 Å². The molecule has 0 spiro atoms. The summed E-state index contributed by atoms with van der Waals surface area (Å²) in [6.45, 7) is 0. The lowest BCUT2D eigenvalue weighted by Gasteiger charge is -1.88. The Morgan fingerprint density at radius 2 is 2.33 bits per heavy atom. The number of nitrogen functional groups attached to an aromatic ring is 1. The molecule has 0 aliphatic rings. The molecule has 0 aliphatic carbocycles. The summed E-state index contributed by atoms with van der Waals surface area (Å²) in [5.41, 5.74) is 3.17. The highest BCUT2D eigenvalue weighted by atomic mass is 16.4. The van der Waals surface area contributed by atoms with Gasteiger partial charge in [-0.3, -0.25) is 5.43 Å². The molecule has 2 rings (SSSR count). The van der Waals surface area contributed by atoms with E-state index < -0.39 is 0 Å². The second-order valence-corrected chi connectivity index (χ2v) is 2.29. The van der Waals surface area contributed by atoms with Gasteiger partial charge in [-0.25, -0.2) is 5.84 Å². The van der Waals surface area contributed by atoms with Crippen molar-refractivity contribution in [1.29, 1.82) is 0 Å². The monoisotopic (exact) mass is 165 g/mol. The number of phenols is 1. The fourth-order valence-corrected chi connectivity index (χ4v) is 0.996. The molecule has 5 heteroatoms. The predicted octanol–water partition coefficient (Wildman–Crippen LogP) is 0.819. The number of hydrogen-bond donors (Lipinski definition) is 3. The zero-order valence-electron chi connectivity index (χ0n) is 6.11. The number of nitrogens with zero attached hydrogens (tertiary/aromatic N) is 1. The molecular formula is C7H7N3O2. The van der Waals surface area contributed by atoms with E-state index in [2.05, 4.69) is 10.4 Å². The number of hydrazine groups is 1. The van der Waals surface area contributed by atoms with Gasteiger partial charge in [0.15, 0.2) is 11.3 Å². The van der Waals surface area contributed by atoms with Gasteiger partial charge in [-0.1, -0.05) is 6.07 Å². The van der Waals surface area contributed by atoms with Crippen molar-refractivity contribution in [2.24, 2.45) is 5.84 Å². The topological polar surface area (TPSA) is 84.3 Å². The van der Waals surface area contributed by atoms with E-state index >= 15 is 0 Å². The molecule has 0 bridgehead atoms. The van der Waals surface area contributed by atoms with Crippen LogP contribution in [0.25, 0.3) is 11.1 Å². The number of nitrogens with one attached hydrogen (secondary N) is 1. The van der Waals surface area contributed by atoms with E-state index in [9.17, 15) is 5.11 Å². The van der Waals surface area contributed by atoms with Crippen LogP contribution in [0.1, 0.15) is 0 Å². The zero-order chi connectivity index (χ0) is 8.55. The maximum atomic E-state index is 9.28. The van der Waals surface area contributed by atoms with E-state index in [0.717, 1.165) is 0 Å². The number of benzene rings is 1.